The van der Waals surface area contributed by atoms with Gasteiger partial charge >= 0.3 is 0 Å². The normalized spacial score (nSPS) is 17.9. The first-order valence-electron chi connectivity index (χ1n) is 8.69. The van der Waals surface area contributed by atoms with Gasteiger partial charge in [-0.2, -0.15) is 5.10 Å². The Morgan fingerprint density at radius 3 is 2.32 bits per heavy atom. The van der Waals surface area contributed by atoms with E-state index in [1.807, 2.05) is 30.3 Å². The Kier molecular flexibility index (Phi) is 3.87. The lowest BCUT2D eigenvalue weighted by Crippen LogP contribution is -2.37. The number of carbonyl (C=O) groups is 2. The van der Waals surface area contributed by atoms with Crippen LogP contribution >= 0.6 is 0 Å². The van der Waals surface area contributed by atoms with E-state index < -0.39 is 5.91 Å². The highest BCUT2D eigenvalue weighted by atomic mass is 16.2. The number of anilines is 1. The molecule has 1 saturated carbocycles. The minimum atomic E-state index is -0.474. The Balaban J connectivity index is 1.91. The molecule has 1 fully saturated rings. The largest absolute Gasteiger partial charge is 0.383 e. The number of para-hydroxylation sites is 1. The minimum Gasteiger partial charge on any atom is -0.383 e. The Morgan fingerprint density at radius 1 is 0.960 bits per heavy atom. The van der Waals surface area contributed by atoms with Gasteiger partial charge in [0.2, 0.25) is 0 Å². The zero-order chi connectivity index (χ0) is 17.4. The van der Waals surface area contributed by atoms with Crippen molar-refractivity contribution in [3.63, 3.8) is 0 Å². The molecule has 2 heterocycles. The molecule has 1 aliphatic carbocycles. The molecule has 128 valence electrons. The maximum absolute atomic E-state index is 12.6. The number of nitrogens with zero attached hydrogens (tertiary/aromatic N) is 2. The molecule has 0 saturated heterocycles. The van der Waals surface area contributed by atoms with Gasteiger partial charge in [0.15, 0.2) is 0 Å². The second-order valence-corrected chi connectivity index (χ2v) is 6.53. The highest BCUT2D eigenvalue weighted by Gasteiger charge is 2.35. The molecule has 25 heavy (non-hydrogen) atoms. The van der Waals surface area contributed by atoms with Crippen LogP contribution in [0.1, 0.15) is 54.6 Å². The number of nitrogens with two attached hydrogens (primary N) is 1. The number of carbonyl (C=O) groups excluding carboxylic acids is 2. The predicted octanol–water partition coefficient (Wildman–Crippen LogP) is 2.83. The summed E-state index contributed by atoms with van der Waals surface area (Å²) in [6.07, 6.45) is 6.20. The summed E-state index contributed by atoms with van der Waals surface area (Å²) in [6.45, 7) is 0. The Hall–Kier alpha value is -2.89. The van der Waals surface area contributed by atoms with Gasteiger partial charge in [-0.05, 0) is 37.8 Å². The summed E-state index contributed by atoms with van der Waals surface area (Å²) in [5.74, 6) is -0.567. The summed E-state index contributed by atoms with van der Waals surface area (Å²) < 4.78 is 1.54. The molecule has 6 heteroatoms. The smallest absolute Gasteiger partial charge is 0.264 e. The van der Waals surface area contributed by atoms with E-state index in [0.29, 0.717) is 16.8 Å². The summed E-state index contributed by atoms with van der Waals surface area (Å²) in [5.41, 5.74) is 9.33. The average molecular weight is 336 g/mol. The number of benzene rings is 1. The standard InChI is InChI=1S/C19H20N4O2/c20-17-15-16(22-23(17)13-10-6-3-7-11-13)14(18(24)21-19(15)25)12-8-4-1-2-5-9-12/h3,6-7,10-11H,1-2,4-5,8-9,20H2,(H,21,24,25). The summed E-state index contributed by atoms with van der Waals surface area (Å²) >= 11 is 0. The molecule has 0 bridgehead atoms. The zero-order valence-corrected chi connectivity index (χ0v) is 13.9. The number of nitrogen functional groups attached to an aromatic ring is 1. The van der Waals surface area contributed by atoms with Crippen molar-refractivity contribution in [1.29, 1.82) is 0 Å². The second-order valence-electron chi connectivity index (χ2n) is 6.53. The first-order chi connectivity index (χ1) is 12.2. The first-order valence-corrected chi connectivity index (χ1v) is 8.69. The number of hydrogen-bond acceptors (Lipinski definition) is 4. The third-order valence-corrected chi connectivity index (χ3v) is 4.90. The molecule has 0 radical (unpaired) electrons. The van der Waals surface area contributed by atoms with Gasteiger partial charge in [0.1, 0.15) is 17.1 Å². The van der Waals surface area contributed by atoms with Crippen molar-refractivity contribution in [3.05, 3.63) is 47.2 Å². The van der Waals surface area contributed by atoms with Gasteiger partial charge in [-0.3, -0.25) is 14.9 Å². The highest BCUT2D eigenvalue weighted by molar-refractivity contribution is 6.32. The van der Waals surface area contributed by atoms with Crippen LogP contribution in [0, 0.1) is 0 Å². The molecule has 4 rings (SSSR count). The summed E-state index contributed by atoms with van der Waals surface area (Å²) in [5, 5.41) is 7.00. The molecule has 2 amide bonds. The van der Waals surface area contributed by atoms with Gasteiger partial charge < -0.3 is 5.73 Å². The number of aromatic nitrogens is 2. The van der Waals surface area contributed by atoms with Crippen LogP contribution in [0.15, 0.2) is 35.9 Å². The van der Waals surface area contributed by atoms with Crippen LogP contribution in [0.25, 0.3) is 11.3 Å². The molecule has 0 spiro atoms. The molecule has 2 aromatic rings. The summed E-state index contributed by atoms with van der Waals surface area (Å²) in [6, 6.07) is 9.40. The number of hydrogen-bond donors (Lipinski definition) is 2. The molecule has 0 unspecified atom stereocenters. The number of imide groups is 1. The van der Waals surface area contributed by atoms with Crippen molar-refractivity contribution < 1.29 is 9.59 Å². The monoisotopic (exact) mass is 336 g/mol. The van der Waals surface area contributed by atoms with Gasteiger partial charge in [-0.1, -0.05) is 36.6 Å². The minimum absolute atomic E-state index is 0.262. The van der Waals surface area contributed by atoms with Crippen molar-refractivity contribution in [1.82, 2.24) is 15.1 Å². The molecule has 1 aromatic carbocycles. The van der Waals surface area contributed by atoms with E-state index in [9.17, 15) is 9.59 Å². The van der Waals surface area contributed by atoms with E-state index in [2.05, 4.69) is 10.4 Å². The van der Waals surface area contributed by atoms with Crippen molar-refractivity contribution in [2.45, 2.75) is 38.5 Å². The SMILES string of the molecule is Nc1c2c(nn1-c1ccccc1)C(=C1CCCCCC1)C(=O)NC2=O. The molecule has 1 aliphatic heterocycles. The lowest BCUT2D eigenvalue weighted by atomic mass is 9.93. The molecule has 3 N–H and O–H groups in total. The van der Waals surface area contributed by atoms with E-state index in [4.69, 9.17) is 5.73 Å². The topological polar surface area (TPSA) is 90.0 Å². The van der Waals surface area contributed by atoms with E-state index in [0.717, 1.165) is 36.9 Å². The van der Waals surface area contributed by atoms with Crippen molar-refractivity contribution in [3.8, 4) is 5.69 Å². The van der Waals surface area contributed by atoms with Gasteiger partial charge in [0, 0.05) is 0 Å². The molecular formula is C19H20N4O2. The van der Waals surface area contributed by atoms with Crippen LogP contribution in [0.2, 0.25) is 0 Å². The van der Waals surface area contributed by atoms with Crippen molar-refractivity contribution >= 4 is 23.2 Å². The molecule has 1 aromatic heterocycles. The van der Waals surface area contributed by atoms with Crippen molar-refractivity contribution in [2.75, 3.05) is 5.73 Å². The number of rotatable bonds is 1. The first kappa shape index (κ1) is 15.6. The van der Waals surface area contributed by atoms with Gasteiger partial charge in [-0.15, -0.1) is 0 Å². The van der Waals surface area contributed by atoms with E-state index in [1.165, 1.54) is 12.8 Å². The zero-order valence-electron chi connectivity index (χ0n) is 13.9. The molecule has 2 aliphatic rings. The molecule has 6 nitrogen and oxygen atoms in total. The van der Waals surface area contributed by atoms with Crippen LogP contribution in [-0.4, -0.2) is 21.6 Å². The Bertz CT molecular complexity index is 870. The number of nitrogens with one attached hydrogen (secondary N) is 1. The molecular weight excluding hydrogens is 316 g/mol. The Morgan fingerprint density at radius 2 is 1.64 bits per heavy atom. The van der Waals surface area contributed by atoms with E-state index in [1.54, 1.807) is 4.68 Å². The van der Waals surface area contributed by atoms with E-state index in [-0.39, 0.29) is 11.7 Å². The maximum atomic E-state index is 12.6. The van der Waals surface area contributed by atoms with Crippen LogP contribution in [-0.2, 0) is 4.79 Å². The fourth-order valence-electron chi connectivity index (χ4n) is 3.66. The average Bonchev–Trinajstić information content (AvgIpc) is 2.78. The van der Waals surface area contributed by atoms with Crippen molar-refractivity contribution in [2.24, 2.45) is 0 Å². The van der Waals surface area contributed by atoms with Crippen LogP contribution in [0.3, 0.4) is 0 Å². The quantitative estimate of drug-likeness (QED) is 0.476. The fourth-order valence-corrected chi connectivity index (χ4v) is 3.66. The van der Waals surface area contributed by atoms with Crippen LogP contribution < -0.4 is 11.1 Å². The third kappa shape index (κ3) is 2.63. The summed E-state index contributed by atoms with van der Waals surface area (Å²) in [7, 11) is 0. The lowest BCUT2D eigenvalue weighted by Gasteiger charge is -2.17. The highest BCUT2D eigenvalue weighted by Crippen LogP contribution is 2.35. The second kappa shape index (κ2) is 6.20. The number of amides is 2. The van der Waals surface area contributed by atoms with Crippen LogP contribution in [0.5, 0.6) is 0 Å². The Labute approximate surface area is 145 Å². The number of allylic oxidation sites excluding steroid dienone is 1. The number of fused-ring (bicyclic) bond motifs is 1. The maximum Gasteiger partial charge on any atom is 0.264 e. The summed E-state index contributed by atoms with van der Waals surface area (Å²) in [4.78, 5) is 24.9. The lowest BCUT2D eigenvalue weighted by molar-refractivity contribution is -0.114. The van der Waals surface area contributed by atoms with Crippen LogP contribution in [0.4, 0.5) is 5.82 Å². The van der Waals surface area contributed by atoms with E-state index >= 15 is 0 Å². The van der Waals surface area contributed by atoms with Gasteiger partial charge in [-0.25, -0.2) is 4.68 Å². The third-order valence-electron chi connectivity index (χ3n) is 4.90. The van der Waals surface area contributed by atoms with Gasteiger partial charge in [0.05, 0.1) is 11.3 Å². The predicted molar refractivity (Wildman–Crippen MR) is 95.1 cm³/mol. The fraction of sp³-hybridized carbons (Fsp3) is 0.316. The molecule has 0 atom stereocenters. The van der Waals surface area contributed by atoms with Gasteiger partial charge in [0.25, 0.3) is 11.8 Å².